The molecule has 0 bridgehead atoms. The molecule has 0 radical (unpaired) electrons. The monoisotopic (exact) mass is 421 g/mol. The van der Waals surface area contributed by atoms with Crippen LogP contribution in [-0.4, -0.2) is 21.2 Å². The molecule has 5 nitrogen and oxygen atoms in total. The van der Waals surface area contributed by atoms with Crippen molar-refractivity contribution >= 4 is 44.9 Å². The maximum Gasteiger partial charge on any atom is 0.276 e. The van der Waals surface area contributed by atoms with Gasteiger partial charge >= 0.3 is 0 Å². The molecule has 4 aromatic rings. The summed E-state index contributed by atoms with van der Waals surface area (Å²) in [5.41, 5.74) is 4.30. The van der Waals surface area contributed by atoms with Crippen LogP contribution in [0, 0.1) is 13.8 Å². The number of carbonyl (C=O) groups is 1. The second-order valence-corrected chi connectivity index (χ2v) is 8.50. The van der Waals surface area contributed by atoms with E-state index in [-0.39, 0.29) is 17.2 Å². The van der Waals surface area contributed by atoms with Crippen LogP contribution in [0.2, 0.25) is 0 Å². The molecule has 1 N–H and O–H groups in total. The third-order valence-corrected chi connectivity index (χ3v) is 6.42. The Morgan fingerprint density at radius 2 is 1.90 bits per heavy atom. The second kappa shape index (κ2) is 8.23. The van der Waals surface area contributed by atoms with Crippen molar-refractivity contribution in [3.63, 3.8) is 0 Å². The lowest BCUT2D eigenvalue weighted by atomic mass is 10.1. The summed E-state index contributed by atoms with van der Waals surface area (Å²) < 4.78 is 2.22. The van der Waals surface area contributed by atoms with Crippen molar-refractivity contribution in [2.24, 2.45) is 0 Å². The molecule has 7 heteroatoms. The Hall–Kier alpha value is -2.90. The normalized spacial score (nSPS) is 11.0. The minimum Gasteiger partial charge on any atom is -0.325 e. The minimum absolute atomic E-state index is 0.112. The van der Waals surface area contributed by atoms with E-state index in [1.54, 1.807) is 4.57 Å². The zero-order valence-corrected chi connectivity index (χ0v) is 17.6. The van der Waals surface area contributed by atoms with Crippen LogP contribution in [0.15, 0.2) is 69.9 Å². The number of hydrogen-bond donors (Lipinski definition) is 1. The Morgan fingerprint density at radius 1 is 1.10 bits per heavy atom. The smallest absolute Gasteiger partial charge is 0.276 e. The fraction of sp³-hybridized carbons (Fsp3) is 0.136. The molecule has 146 valence electrons. The summed E-state index contributed by atoms with van der Waals surface area (Å²) in [7, 11) is 0. The molecule has 4 rings (SSSR count). The number of aromatic nitrogens is 2. The number of anilines is 1. The van der Waals surface area contributed by atoms with Crippen LogP contribution in [-0.2, 0) is 4.79 Å². The number of para-hydroxylation sites is 1. The van der Waals surface area contributed by atoms with Crippen LogP contribution < -0.4 is 10.9 Å². The van der Waals surface area contributed by atoms with E-state index in [1.165, 1.54) is 23.1 Å². The number of amides is 1. The van der Waals surface area contributed by atoms with Crippen molar-refractivity contribution in [3.05, 3.63) is 81.5 Å². The number of benzene rings is 2. The molecule has 0 aliphatic carbocycles. The molecule has 0 saturated heterocycles. The van der Waals surface area contributed by atoms with Gasteiger partial charge in [0.1, 0.15) is 4.70 Å². The fourth-order valence-electron chi connectivity index (χ4n) is 2.93. The van der Waals surface area contributed by atoms with Gasteiger partial charge in [0.2, 0.25) is 5.91 Å². The first-order chi connectivity index (χ1) is 14.0. The van der Waals surface area contributed by atoms with Gasteiger partial charge in [0.25, 0.3) is 5.56 Å². The summed E-state index contributed by atoms with van der Waals surface area (Å²) in [4.78, 5) is 30.2. The van der Waals surface area contributed by atoms with Gasteiger partial charge < -0.3 is 5.32 Å². The maximum atomic E-state index is 13.2. The number of carbonyl (C=O) groups excluding carboxylic acids is 1. The summed E-state index contributed by atoms with van der Waals surface area (Å²) in [6.07, 6.45) is 0. The third-order valence-electron chi connectivity index (χ3n) is 4.59. The second-order valence-electron chi connectivity index (χ2n) is 6.64. The van der Waals surface area contributed by atoms with Gasteiger partial charge in [-0.15, -0.1) is 11.3 Å². The van der Waals surface area contributed by atoms with Gasteiger partial charge in [-0.1, -0.05) is 36.0 Å². The van der Waals surface area contributed by atoms with E-state index >= 15 is 0 Å². The van der Waals surface area contributed by atoms with Crippen molar-refractivity contribution in [1.82, 2.24) is 9.55 Å². The number of thiophene rings is 1. The number of nitrogens with zero attached hydrogens (tertiary/aromatic N) is 2. The van der Waals surface area contributed by atoms with Gasteiger partial charge in [0, 0.05) is 5.69 Å². The Morgan fingerprint density at radius 3 is 2.66 bits per heavy atom. The Labute approximate surface area is 176 Å². The zero-order valence-electron chi connectivity index (χ0n) is 16.0. The average Bonchev–Trinajstić information content (AvgIpc) is 3.18. The summed E-state index contributed by atoms with van der Waals surface area (Å²) in [5, 5.41) is 5.23. The molecule has 0 unspecified atom stereocenters. The van der Waals surface area contributed by atoms with E-state index in [4.69, 9.17) is 0 Å². The molecular weight excluding hydrogens is 402 g/mol. The first-order valence-electron chi connectivity index (χ1n) is 9.08. The van der Waals surface area contributed by atoms with Gasteiger partial charge in [-0.05, 0) is 60.7 Å². The molecule has 2 heterocycles. The Bertz CT molecular complexity index is 1250. The summed E-state index contributed by atoms with van der Waals surface area (Å²) in [6.45, 7) is 4.05. The number of aryl methyl sites for hydroxylation is 2. The Kier molecular flexibility index (Phi) is 5.51. The van der Waals surface area contributed by atoms with Crippen molar-refractivity contribution in [2.75, 3.05) is 11.1 Å². The van der Waals surface area contributed by atoms with E-state index in [0.29, 0.717) is 15.4 Å². The molecular formula is C22H19N3O2S2. The highest BCUT2D eigenvalue weighted by Gasteiger charge is 2.16. The zero-order chi connectivity index (χ0) is 20.4. The summed E-state index contributed by atoms with van der Waals surface area (Å²) in [5.74, 6) is 0.00875. The number of fused-ring (bicyclic) bond motifs is 1. The fourth-order valence-corrected chi connectivity index (χ4v) is 4.50. The highest BCUT2D eigenvalue weighted by molar-refractivity contribution is 7.99. The largest absolute Gasteiger partial charge is 0.325 e. The van der Waals surface area contributed by atoms with E-state index in [2.05, 4.69) is 10.3 Å². The van der Waals surface area contributed by atoms with Crippen molar-refractivity contribution in [1.29, 1.82) is 0 Å². The van der Waals surface area contributed by atoms with Crippen molar-refractivity contribution in [2.45, 2.75) is 19.0 Å². The molecule has 2 aromatic heterocycles. The van der Waals surface area contributed by atoms with Gasteiger partial charge in [0.05, 0.1) is 17.0 Å². The molecule has 0 fully saturated rings. The lowest BCUT2D eigenvalue weighted by Gasteiger charge is -2.13. The van der Waals surface area contributed by atoms with Gasteiger partial charge in [0.15, 0.2) is 5.16 Å². The van der Waals surface area contributed by atoms with E-state index in [0.717, 1.165) is 22.5 Å². The number of thioether (sulfide) groups is 1. The van der Waals surface area contributed by atoms with Crippen LogP contribution in [0.1, 0.15) is 11.1 Å². The molecule has 1 amide bonds. The van der Waals surface area contributed by atoms with Crippen LogP contribution in [0.5, 0.6) is 0 Å². The molecule has 0 aliphatic rings. The lowest BCUT2D eigenvalue weighted by Crippen LogP contribution is -2.22. The summed E-state index contributed by atoms with van der Waals surface area (Å²) >= 11 is 2.64. The van der Waals surface area contributed by atoms with Crippen molar-refractivity contribution in [3.8, 4) is 5.69 Å². The van der Waals surface area contributed by atoms with Crippen LogP contribution in [0.4, 0.5) is 5.69 Å². The highest BCUT2D eigenvalue weighted by Crippen LogP contribution is 2.24. The van der Waals surface area contributed by atoms with Crippen LogP contribution >= 0.6 is 23.1 Å². The van der Waals surface area contributed by atoms with Crippen molar-refractivity contribution < 1.29 is 4.79 Å². The molecule has 0 saturated carbocycles. The van der Waals surface area contributed by atoms with Crippen LogP contribution in [0.25, 0.3) is 15.9 Å². The average molecular weight is 422 g/mol. The lowest BCUT2D eigenvalue weighted by molar-refractivity contribution is -0.113. The predicted octanol–water partition coefficient (Wildman–Crippen LogP) is 4.79. The van der Waals surface area contributed by atoms with Gasteiger partial charge in [-0.25, -0.2) is 4.98 Å². The van der Waals surface area contributed by atoms with E-state index in [1.807, 2.05) is 73.8 Å². The SMILES string of the molecule is Cc1ccc(-n2c(SCC(=O)Nc3ccccc3)nc3ccsc3c2=O)cc1C. The highest BCUT2D eigenvalue weighted by atomic mass is 32.2. The topological polar surface area (TPSA) is 64.0 Å². The third kappa shape index (κ3) is 4.11. The molecule has 0 atom stereocenters. The Balaban J connectivity index is 1.68. The van der Waals surface area contributed by atoms with E-state index < -0.39 is 0 Å². The molecule has 29 heavy (non-hydrogen) atoms. The number of hydrogen-bond acceptors (Lipinski definition) is 5. The minimum atomic E-state index is -0.146. The predicted molar refractivity (Wildman–Crippen MR) is 120 cm³/mol. The first kappa shape index (κ1) is 19.4. The van der Waals surface area contributed by atoms with Gasteiger partial charge in [-0.3, -0.25) is 14.2 Å². The molecule has 2 aromatic carbocycles. The number of rotatable bonds is 5. The summed E-state index contributed by atoms with van der Waals surface area (Å²) in [6, 6.07) is 17.0. The quantitative estimate of drug-likeness (QED) is 0.372. The molecule has 0 aliphatic heterocycles. The maximum absolute atomic E-state index is 13.2. The first-order valence-corrected chi connectivity index (χ1v) is 10.9. The number of nitrogens with one attached hydrogen (secondary N) is 1. The van der Waals surface area contributed by atoms with Gasteiger partial charge in [-0.2, -0.15) is 0 Å². The molecule has 0 spiro atoms. The standard InChI is InChI=1S/C22H19N3O2S2/c1-14-8-9-17(12-15(14)2)25-21(27)20-18(10-11-28-20)24-22(25)29-13-19(26)23-16-6-4-3-5-7-16/h3-12H,13H2,1-2H3,(H,23,26). The van der Waals surface area contributed by atoms with E-state index in [9.17, 15) is 9.59 Å². The van der Waals surface area contributed by atoms with Crippen LogP contribution in [0.3, 0.4) is 0 Å².